The van der Waals surface area contributed by atoms with E-state index in [1.807, 2.05) is 43.0 Å². The van der Waals surface area contributed by atoms with Crippen molar-refractivity contribution in [3.05, 3.63) is 51.2 Å². The number of hydrogen-bond acceptors (Lipinski definition) is 4. The quantitative estimate of drug-likeness (QED) is 0.878. The predicted octanol–water partition coefficient (Wildman–Crippen LogP) is 1.66. The van der Waals surface area contributed by atoms with Gasteiger partial charge in [-0.1, -0.05) is 0 Å². The fourth-order valence-electron chi connectivity index (χ4n) is 2.14. The largest absolute Gasteiger partial charge is 0.385 e. The van der Waals surface area contributed by atoms with E-state index in [1.165, 1.54) is 13.1 Å². The van der Waals surface area contributed by atoms with Crippen molar-refractivity contribution in [3.63, 3.8) is 0 Å². The molecular weight excluding hydrogens is 268 g/mol. The molecule has 6 nitrogen and oxygen atoms in total. The number of benzene rings is 1. The molecule has 0 bridgehead atoms. The number of nitrogens with zero attached hydrogens (tertiary/aromatic N) is 2. The molecule has 0 spiro atoms. The molecule has 0 saturated carbocycles. The van der Waals surface area contributed by atoms with E-state index in [0.29, 0.717) is 12.4 Å². The second-order valence-corrected chi connectivity index (χ2v) is 4.68. The molecule has 112 valence electrons. The summed E-state index contributed by atoms with van der Waals surface area (Å²) in [5.41, 5.74) is 1.22. The van der Waals surface area contributed by atoms with Crippen LogP contribution in [0.15, 0.2) is 39.9 Å². The number of aromatic nitrogens is 2. The minimum atomic E-state index is -0.416. The van der Waals surface area contributed by atoms with Gasteiger partial charge in [-0.05, 0) is 38.1 Å². The van der Waals surface area contributed by atoms with E-state index < -0.39 is 5.69 Å². The summed E-state index contributed by atoms with van der Waals surface area (Å²) in [6.07, 6.45) is 0. The molecule has 1 aromatic carbocycles. The van der Waals surface area contributed by atoms with Gasteiger partial charge in [0.15, 0.2) is 0 Å². The first-order chi connectivity index (χ1) is 10.1. The molecule has 1 aromatic heterocycles. The zero-order valence-electron chi connectivity index (χ0n) is 12.5. The monoisotopic (exact) mass is 288 g/mol. The Kier molecular flexibility index (Phi) is 4.47. The van der Waals surface area contributed by atoms with E-state index in [0.717, 1.165) is 22.5 Å². The van der Waals surface area contributed by atoms with Gasteiger partial charge in [-0.15, -0.1) is 0 Å². The molecule has 21 heavy (non-hydrogen) atoms. The van der Waals surface area contributed by atoms with Crippen LogP contribution in [0.4, 0.5) is 17.2 Å². The molecule has 2 rings (SSSR count). The zero-order chi connectivity index (χ0) is 15.4. The maximum Gasteiger partial charge on any atom is 0.329 e. The van der Waals surface area contributed by atoms with Crippen LogP contribution in [0, 0.1) is 0 Å². The van der Waals surface area contributed by atoms with E-state index in [1.54, 1.807) is 0 Å². The molecular formula is C15H20N4O2. The maximum atomic E-state index is 11.8. The second kappa shape index (κ2) is 6.30. The Labute approximate surface area is 123 Å². The average Bonchev–Trinajstić information content (AvgIpc) is 2.47. The SMILES string of the molecule is CCNc1ccc(N(CC)c2cc(=O)n(C)c(=O)[nH]2)cc1. The van der Waals surface area contributed by atoms with Gasteiger partial charge in [-0.3, -0.25) is 14.3 Å². The predicted molar refractivity (Wildman–Crippen MR) is 85.6 cm³/mol. The van der Waals surface area contributed by atoms with Crippen molar-refractivity contribution < 1.29 is 0 Å². The van der Waals surface area contributed by atoms with Crippen molar-refractivity contribution in [2.75, 3.05) is 23.3 Å². The highest BCUT2D eigenvalue weighted by molar-refractivity contribution is 5.62. The highest BCUT2D eigenvalue weighted by atomic mass is 16.2. The third kappa shape index (κ3) is 3.16. The van der Waals surface area contributed by atoms with Gasteiger partial charge in [-0.2, -0.15) is 0 Å². The lowest BCUT2D eigenvalue weighted by Gasteiger charge is -2.22. The van der Waals surface area contributed by atoms with Crippen LogP contribution in [0.1, 0.15) is 13.8 Å². The molecule has 1 heterocycles. The van der Waals surface area contributed by atoms with Gasteiger partial charge in [0, 0.05) is 37.6 Å². The first-order valence-corrected chi connectivity index (χ1v) is 6.98. The maximum absolute atomic E-state index is 11.8. The van der Waals surface area contributed by atoms with Gasteiger partial charge in [0.05, 0.1) is 0 Å². The van der Waals surface area contributed by atoms with Crippen molar-refractivity contribution >= 4 is 17.2 Å². The third-order valence-corrected chi connectivity index (χ3v) is 3.30. The number of nitrogens with one attached hydrogen (secondary N) is 2. The van der Waals surface area contributed by atoms with Gasteiger partial charge in [0.1, 0.15) is 5.82 Å². The molecule has 0 saturated heterocycles. The highest BCUT2D eigenvalue weighted by Gasteiger charge is 2.10. The molecule has 0 aliphatic rings. The van der Waals surface area contributed by atoms with Crippen molar-refractivity contribution in [3.8, 4) is 0 Å². The Balaban J connectivity index is 2.39. The smallest absolute Gasteiger partial charge is 0.329 e. The summed E-state index contributed by atoms with van der Waals surface area (Å²) in [7, 11) is 1.45. The van der Waals surface area contributed by atoms with E-state index >= 15 is 0 Å². The summed E-state index contributed by atoms with van der Waals surface area (Å²) in [6, 6.07) is 9.29. The molecule has 2 N–H and O–H groups in total. The van der Waals surface area contributed by atoms with Crippen LogP contribution < -0.4 is 21.5 Å². The van der Waals surface area contributed by atoms with Crippen molar-refractivity contribution in [2.24, 2.45) is 7.05 Å². The average molecular weight is 288 g/mol. The molecule has 0 atom stereocenters. The molecule has 0 unspecified atom stereocenters. The van der Waals surface area contributed by atoms with Crippen LogP contribution >= 0.6 is 0 Å². The highest BCUT2D eigenvalue weighted by Crippen LogP contribution is 2.23. The molecule has 0 aliphatic heterocycles. The summed E-state index contributed by atoms with van der Waals surface area (Å²) in [5.74, 6) is 0.502. The minimum Gasteiger partial charge on any atom is -0.385 e. The molecule has 0 fully saturated rings. The van der Waals surface area contributed by atoms with E-state index in [2.05, 4.69) is 10.3 Å². The summed E-state index contributed by atoms with van der Waals surface area (Å²) in [4.78, 5) is 28.1. The summed E-state index contributed by atoms with van der Waals surface area (Å²) in [5, 5.41) is 3.23. The fourth-order valence-corrected chi connectivity index (χ4v) is 2.14. The standard InChI is InChI=1S/C15H20N4O2/c1-4-16-11-6-8-12(9-7-11)19(5-2)13-10-14(20)18(3)15(21)17-13/h6-10,16H,4-5H2,1-3H3,(H,17,21). The second-order valence-electron chi connectivity index (χ2n) is 4.68. The first-order valence-electron chi connectivity index (χ1n) is 6.98. The van der Waals surface area contributed by atoms with Crippen LogP contribution in [0.2, 0.25) is 0 Å². The topological polar surface area (TPSA) is 70.1 Å². The Morgan fingerprint density at radius 3 is 2.38 bits per heavy atom. The number of rotatable bonds is 5. The zero-order valence-corrected chi connectivity index (χ0v) is 12.5. The van der Waals surface area contributed by atoms with Gasteiger partial charge >= 0.3 is 5.69 Å². The Morgan fingerprint density at radius 1 is 1.19 bits per heavy atom. The summed E-state index contributed by atoms with van der Waals surface area (Å²) in [6.45, 7) is 5.51. The van der Waals surface area contributed by atoms with Gasteiger partial charge in [0.2, 0.25) is 0 Å². The van der Waals surface area contributed by atoms with E-state index in [-0.39, 0.29) is 5.56 Å². The number of aromatic amines is 1. The van der Waals surface area contributed by atoms with Crippen molar-refractivity contribution in [1.82, 2.24) is 9.55 Å². The molecule has 6 heteroatoms. The van der Waals surface area contributed by atoms with Crippen LogP contribution in [-0.2, 0) is 7.05 Å². The fraction of sp³-hybridized carbons (Fsp3) is 0.333. The van der Waals surface area contributed by atoms with Crippen molar-refractivity contribution in [1.29, 1.82) is 0 Å². The van der Waals surface area contributed by atoms with Gasteiger partial charge < -0.3 is 10.2 Å². The van der Waals surface area contributed by atoms with Crippen LogP contribution in [0.3, 0.4) is 0 Å². The first kappa shape index (κ1) is 14.9. The number of hydrogen-bond donors (Lipinski definition) is 2. The van der Waals surface area contributed by atoms with Crippen LogP contribution in [0.25, 0.3) is 0 Å². The number of anilines is 3. The lowest BCUT2D eigenvalue weighted by atomic mass is 10.2. The molecule has 0 radical (unpaired) electrons. The molecule has 0 amide bonds. The van der Waals surface area contributed by atoms with E-state index in [9.17, 15) is 9.59 Å². The van der Waals surface area contributed by atoms with Crippen LogP contribution in [0.5, 0.6) is 0 Å². The van der Waals surface area contributed by atoms with Crippen LogP contribution in [-0.4, -0.2) is 22.6 Å². The van der Waals surface area contributed by atoms with Crippen molar-refractivity contribution in [2.45, 2.75) is 13.8 Å². The Hall–Kier alpha value is -2.50. The lowest BCUT2D eigenvalue weighted by molar-refractivity contribution is 0.769. The number of H-pyrrole nitrogens is 1. The normalized spacial score (nSPS) is 10.4. The summed E-state index contributed by atoms with van der Waals surface area (Å²) < 4.78 is 1.05. The summed E-state index contributed by atoms with van der Waals surface area (Å²) >= 11 is 0. The molecule has 0 aliphatic carbocycles. The molecule has 2 aromatic rings. The Bertz CT molecular complexity index is 684. The van der Waals surface area contributed by atoms with Gasteiger partial charge in [-0.25, -0.2) is 4.79 Å². The minimum absolute atomic E-state index is 0.323. The third-order valence-electron chi connectivity index (χ3n) is 3.30. The lowest BCUT2D eigenvalue weighted by Crippen LogP contribution is -2.34. The Morgan fingerprint density at radius 2 is 1.86 bits per heavy atom. The van der Waals surface area contributed by atoms with E-state index in [4.69, 9.17) is 0 Å². The van der Waals surface area contributed by atoms with Gasteiger partial charge in [0.25, 0.3) is 5.56 Å².